The zero-order chi connectivity index (χ0) is 77.3. The molecule has 117 heavy (non-hydrogen) atoms. The van der Waals surface area contributed by atoms with E-state index in [1.807, 2.05) is 6.08 Å². The molecule has 546 valence electrons. The first-order valence-corrected chi connectivity index (χ1v) is 40.1. The minimum Gasteiger partial charge on any atom is -0.309 e. The van der Waals surface area contributed by atoms with Crippen LogP contribution >= 0.6 is 0 Å². The van der Waals surface area contributed by atoms with Crippen molar-refractivity contribution in [1.29, 1.82) is 0 Å². The predicted octanol–water partition coefficient (Wildman–Crippen LogP) is 29.1. The van der Waals surface area contributed by atoms with Gasteiger partial charge in [-0.15, -0.1) is 0 Å². The number of allylic oxidation sites excluding steroid dienone is 2. The topological polar surface area (TPSA) is 45.5 Å². The molecule has 5 aromatic heterocycles. The van der Waals surface area contributed by atoms with Crippen molar-refractivity contribution in [3.63, 3.8) is 0 Å². The smallest absolute Gasteiger partial charge is 0.160 e. The van der Waals surface area contributed by atoms with Crippen molar-refractivity contribution >= 4 is 92.8 Å². The van der Waals surface area contributed by atoms with E-state index < -0.39 is 0 Å². The highest BCUT2D eigenvalue weighted by atomic mass is 15.0. The van der Waals surface area contributed by atoms with Crippen LogP contribution in [0.4, 0.5) is 0 Å². The lowest BCUT2D eigenvalue weighted by atomic mass is 9.96. The maximum Gasteiger partial charge on any atom is 0.160 e. The van der Waals surface area contributed by atoms with Gasteiger partial charge in [0, 0.05) is 88.1 Å². The van der Waals surface area contributed by atoms with Gasteiger partial charge in [-0.2, -0.15) is 0 Å². The standard InChI is InChI=1S/C111H72N6/c1-3-26-89-107-70(2)27-25-42-90(107)110-108(89)109(112-111(113-110)75-36-19-8-20-37-75)84-59-87(116-103-53-45-78(73-32-15-6-16-33-73)63-93(103)97-67-82(49-57-105(97)116)80-47-55-101-95(65-80)91-61-76(71-28-11-4-12-29-71)43-51-99(91)114(101)85-38-21-9-22-39-85)69-88(60-84)117-104-54-46-79(74-34-17-7-18-35-74)64-94(104)98-68-83(50-58-106(98)117)81-48-56-102-96(66-81)92-62-77(72-30-13-5-14-31-72)44-52-100(92)115(102)86-40-23-10-24-41-86/h3-69H,1H2,2H3/b89-26+. The summed E-state index contributed by atoms with van der Waals surface area (Å²) in [4.78, 5) is 11.4. The average Bonchev–Trinajstić information content (AvgIpc) is 1.57. The second-order valence-electron chi connectivity index (χ2n) is 30.9. The van der Waals surface area contributed by atoms with Gasteiger partial charge in [0.2, 0.25) is 0 Å². The first-order valence-electron chi connectivity index (χ1n) is 40.1. The molecule has 6 nitrogen and oxygen atoms in total. The maximum absolute atomic E-state index is 5.86. The van der Waals surface area contributed by atoms with Crippen molar-refractivity contribution in [1.82, 2.24) is 28.2 Å². The lowest BCUT2D eigenvalue weighted by Crippen LogP contribution is -2.03. The van der Waals surface area contributed by atoms with Gasteiger partial charge in [-0.1, -0.05) is 274 Å². The van der Waals surface area contributed by atoms with E-state index in [4.69, 9.17) is 9.97 Å². The molecule has 0 N–H and O–H groups in total. The van der Waals surface area contributed by atoms with Gasteiger partial charge in [0.1, 0.15) is 0 Å². The van der Waals surface area contributed by atoms with Crippen molar-refractivity contribution in [3.8, 4) is 123 Å². The molecular weight excluding hydrogens is 1420 g/mol. The molecule has 0 spiro atoms. The van der Waals surface area contributed by atoms with Crippen LogP contribution in [0, 0.1) is 6.92 Å². The number of aryl methyl sites for hydroxylation is 1. The van der Waals surface area contributed by atoms with E-state index in [-0.39, 0.29) is 0 Å². The van der Waals surface area contributed by atoms with Crippen molar-refractivity contribution in [3.05, 3.63) is 430 Å². The van der Waals surface area contributed by atoms with Crippen LogP contribution in [0.5, 0.6) is 0 Å². The number of benzene rings is 17. The fourth-order valence-electron chi connectivity index (χ4n) is 18.8. The van der Waals surface area contributed by atoms with Crippen LogP contribution in [0.1, 0.15) is 16.7 Å². The van der Waals surface area contributed by atoms with Crippen LogP contribution in [-0.4, -0.2) is 28.2 Å². The third-order valence-corrected chi connectivity index (χ3v) is 24.2. The molecule has 0 bridgehead atoms. The number of nitrogens with zero attached hydrogens (tertiary/aromatic N) is 6. The van der Waals surface area contributed by atoms with Gasteiger partial charge < -0.3 is 18.3 Å². The van der Waals surface area contributed by atoms with Gasteiger partial charge >= 0.3 is 0 Å². The van der Waals surface area contributed by atoms with E-state index in [2.05, 4.69) is 432 Å². The highest BCUT2D eigenvalue weighted by Crippen LogP contribution is 2.51. The van der Waals surface area contributed by atoms with E-state index in [0.717, 1.165) is 183 Å². The molecule has 6 heteroatoms. The molecule has 0 amide bonds. The Balaban J connectivity index is 0.779. The number of hydrogen-bond acceptors (Lipinski definition) is 2. The molecule has 0 atom stereocenters. The first kappa shape index (κ1) is 67.2. The summed E-state index contributed by atoms with van der Waals surface area (Å²) in [5.41, 5.74) is 36.0. The second-order valence-corrected chi connectivity index (χ2v) is 30.9. The summed E-state index contributed by atoms with van der Waals surface area (Å²) in [5, 5.41) is 9.35. The molecule has 5 heterocycles. The Labute approximate surface area is 676 Å². The lowest BCUT2D eigenvalue weighted by molar-refractivity contribution is 1.13. The van der Waals surface area contributed by atoms with Crippen LogP contribution in [0.3, 0.4) is 0 Å². The largest absolute Gasteiger partial charge is 0.309 e. The van der Waals surface area contributed by atoms with Gasteiger partial charge in [-0.3, -0.25) is 0 Å². The molecule has 1 aliphatic rings. The summed E-state index contributed by atoms with van der Waals surface area (Å²) in [5.74, 6) is 0.651. The first-order chi connectivity index (χ1) is 57.9. The number of aromatic nitrogens is 6. The van der Waals surface area contributed by atoms with Gasteiger partial charge in [0.05, 0.1) is 55.5 Å². The second kappa shape index (κ2) is 27.1. The molecule has 0 unspecified atom stereocenters. The van der Waals surface area contributed by atoms with Gasteiger partial charge in [-0.05, 0) is 230 Å². The zero-order valence-corrected chi connectivity index (χ0v) is 64.1. The predicted molar refractivity (Wildman–Crippen MR) is 490 cm³/mol. The van der Waals surface area contributed by atoms with Crippen molar-refractivity contribution in [2.45, 2.75) is 6.92 Å². The Morgan fingerprint density at radius 3 is 0.803 bits per heavy atom. The number of hydrogen-bond donors (Lipinski definition) is 0. The minimum absolute atomic E-state index is 0.651. The van der Waals surface area contributed by atoms with Crippen molar-refractivity contribution < 1.29 is 0 Å². The molecule has 22 aromatic rings. The Hall–Kier alpha value is -15.5. The van der Waals surface area contributed by atoms with Gasteiger partial charge in [0.15, 0.2) is 5.82 Å². The minimum atomic E-state index is 0.651. The molecule has 0 saturated heterocycles. The Morgan fingerprint density at radius 1 is 0.222 bits per heavy atom. The summed E-state index contributed by atoms with van der Waals surface area (Å²) in [6.07, 6.45) is 4.07. The molecule has 0 fully saturated rings. The molecular formula is C111H72N6. The zero-order valence-electron chi connectivity index (χ0n) is 64.1. The molecule has 0 aliphatic heterocycles. The highest BCUT2D eigenvalue weighted by Gasteiger charge is 2.33. The summed E-state index contributed by atoms with van der Waals surface area (Å²) < 4.78 is 9.83. The van der Waals surface area contributed by atoms with E-state index in [1.165, 1.54) is 43.8 Å². The quantitative estimate of drug-likeness (QED) is 0.115. The van der Waals surface area contributed by atoms with Crippen LogP contribution < -0.4 is 0 Å². The number of rotatable bonds is 13. The molecule has 0 radical (unpaired) electrons. The monoisotopic (exact) mass is 1490 g/mol. The van der Waals surface area contributed by atoms with Crippen LogP contribution in [0.2, 0.25) is 0 Å². The van der Waals surface area contributed by atoms with Crippen LogP contribution in [0.15, 0.2) is 413 Å². The fourth-order valence-corrected chi connectivity index (χ4v) is 18.8. The third kappa shape index (κ3) is 11.0. The number of para-hydroxylation sites is 2. The highest BCUT2D eigenvalue weighted by molar-refractivity contribution is 6.17. The van der Waals surface area contributed by atoms with Crippen molar-refractivity contribution in [2.24, 2.45) is 0 Å². The SMILES string of the molecule is C=C/C=C1\c2c(C)cccc2-c2nc(-c3ccccc3)nc(-c3cc(-n4c5ccc(-c6ccccc6)cc5c5cc(-c6ccc7c(c6)c6cc(-c8ccccc8)ccc6n7-c6ccccc6)ccc54)cc(-n4c5ccc(-c6ccccc6)cc5c5cc(-c6ccc7c(c6)c6cc(-c8ccccc8)ccc6n7-c6ccccc6)ccc54)c3)c21. The molecule has 17 aromatic carbocycles. The summed E-state index contributed by atoms with van der Waals surface area (Å²) in [6.45, 7) is 6.56. The van der Waals surface area contributed by atoms with E-state index >= 15 is 0 Å². The summed E-state index contributed by atoms with van der Waals surface area (Å²) in [6, 6.07) is 145. The normalized spacial score (nSPS) is 12.4. The van der Waals surface area contributed by atoms with E-state index in [9.17, 15) is 0 Å². The van der Waals surface area contributed by atoms with E-state index in [1.54, 1.807) is 0 Å². The molecule has 0 saturated carbocycles. The molecule has 1 aliphatic carbocycles. The van der Waals surface area contributed by atoms with Crippen LogP contribution in [0.25, 0.3) is 216 Å². The van der Waals surface area contributed by atoms with Gasteiger partial charge in [0.25, 0.3) is 0 Å². The summed E-state index contributed by atoms with van der Waals surface area (Å²) >= 11 is 0. The van der Waals surface area contributed by atoms with E-state index in [0.29, 0.717) is 5.82 Å². The molecule has 23 rings (SSSR count). The number of fused-ring (bicyclic) bond motifs is 15. The van der Waals surface area contributed by atoms with Crippen molar-refractivity contribution in [2.75, 3.05) is 0 Å². The van der Waals surface area contributed by atoms with Crippen LogP contribution in [-0.2, 0) is 0 Å². The van der Waals surface area contributed by atoms with Gasteiger partial charge in [-0.25, -0.2) is 9.97 Å². The Kier molecular flexibility index (Phi) is 15.6. The Morgan fingerprint density at radius 2 is 0.496 bits per heavy atom. The third-order valence-electron chi connectivity index (χ3n) is 24.2. The summed E-state index contributed by atoms with van der Waals surface area (Å²) in [7, 11) is 0. The maximum atomic E-state index is 5.86. The lowest BCUT2D eigenvalue weighted by Gasteiger charge is -2.18. The fraction of sp³-hybridized carbons (Fsp3) is 0.00901. The average molecular weight is 1490 g/mol. The Bertz CT molecular complexity index is 7460.